The van der Waals surface area contributed by atoms with Crippen molar-refractivity contribution in [3.8, 4) is 5.75 Å². The zero-order chi connectivity index (χ0) is 20.6. The van der Waals surface area contributed by atoms with Gasteiger partial charge in [-0.3, -0.25) is 9.69 Å². The number of nitrogens with zero attached hydrogens (tertiary/aromatic N) is 3. The molecular formula is C23H27N3O2. The molecule has 146 valence electrons. The lowest BCUT2D eigenvalue weighted by molar-refractivity contribution is -0.113. The Labute approximate surface area is 166 Å². The second-order valence-corrected chi connectivity index (χ2v) is 7.67. The number of hydrogen-bond donors (Lipinski definition) is 1. The Morgan fingerprint density at radius 2 is 1.75 bits per heavy atom. The Morgan fingerprint density at radius 3 is 2.32 bits per heavy atom. The number of amides is 1. The van der Waals surface area contributed by atoms with Crippen molar-refractivity contribution in [2.24, 2.45) is 4.99 Å². The summed E-state index contributed by atoms with van der Waals surface area (Å²) in [6.07, 6.45) is 1.86. The number of carbonyl (C=O) groups is 1. The van der Waals surface area contributed by atoms with Gasteiger partial charge in [-0.25, -0.2) is 0 Å². The molecule has 0 unspecified atom stereocenters. The van der Waals surface area contributed by atoms with Crippen LogP contribution in [0, 0.1) is 6.92 Å². The molecule has 0 spiro atoms. The average Bonchev–Trinajstić information content (AvgIpc) is 2.89. The van der Waals surface area contributed by atoms with Crippen LogP contribution in [0.5, 0.6) is 5.75 Å². The molecule has 1 aliphatic rings. The first-order chi connectivity index (χ1) is 13.2. The number of anilines is 2. The van der Waals surface area contributed by atoms with Crippen LogP contribution < -0.4 is 9.80 Å². The molecule has 0 atom stereocenters. The highest BCUT2D eigenvalue weighted by molar-refractivity contribution is 6.22. The van der Waals surface area contributed by atoms with E-state index in [9.17, 15) is 9.90 Å². The number of amidine groups is 1. The normalized spacial score (nSPS) is 15.5. The quantitative estimate of drug-likeness (QED) is 0.785. The van der Waals surface area contributed by atoms with Crippen LogP contribution in [0.3, 0.4) is 0 Å². The van der Waals surface area contributed by atoms with Crippen LogP contribution in [-0.4, -0.2) is 30.9 Å². The summed E-state index contributed by atoms with van der Waals surface area (Å²) in [5.41, 5.74) is 5.15. The van der Waals surface area contributed by atoms with Crippen LogP contribution in [0.2, 0.25) is 0 Å². The molecule has 0 saturated heterocycles. The lowest BCUT2D eigenvalue weighted by Crippen LogP contribution is -2.25. The van der Waals surface area contributed by atoms with E-state index in [1.165, 1.54) is 0 Å². The topological polar surface area (TPSA) is 56.1 Å². The summed E-state index contributed by atoms with van der Waals surface area (Å²) in [5.74, 6) is 0.819. The summed E-state index contributed by atoms with van der Waals surface area (Å²) in [5, 5.41) is 10.3. The molecule has 0 aliphatic carbocycles. The third kappa shape index (κ3) is 3.65. The van der Waals surface area contributed by atoms with E-state index in [0.29, 0.717) is 11.5 Å². The van der Waals surface area contributed by atoms with E-state index in [1.807, 2.05) is 88.0 Å². The lowest BCUT2D eigenvalue weighted by Gasteiger charge is -2.24. The maximum atomic E-state index is 12.6. The maximum Gasteiger partial charge on any atom is 0.295 e. The average molecular weight is 377 g/mol. The van der Waals surface area contributed by atoms with E-state index in [-0.39, 0.29) is 17.6 Å². The molecule has 1 aliphatic heterocycles. The van der Waals surface area contributed by atoms with Crippen LogP contribution >= 0.6 is 0 Å². The van der Waals surface area contributed by atoms with Gasteiger partial charge in [0.2, 0.25) is 0 Å². The summed E-state index contributed by atoms with van der Waals surface area (Å²) in [4.78, 5) is 20.7. The Kier molecular flexibility index (Phi) is 5.27. The van der Waals surface area contributed by atoms with Gasteiger partial charge in [0.15, 0.2) is 0 Å². The lowest BCUT2D eigenvalue weighted by atomic mass is 9.98. The maximum absolute atomic E-state index is 12.6. The predicted octanol–water partition coefficient (Wildman–Crippen LogP) is 4.70. The minimum absolute atomic E-state index is 0.168. The number of carbonyl (C=O) groups excluding carboxylic acids is 1. The predicted molar refractivity (Wildman–Crippen MR) is 116 cm³/mol. The second-order valence-electron chi connectivity index (χ2n) is 7.67. The van der Waals surface area contributed by atoms with Crippen LogP contribution in [0.25, 0.3) is 6.08 Å². The second kappa shape index (κ2) is 7.50. The fourth-order valence-electron chi connectivity index (χ4n) is 3.38. The van der Waals surface area contributed by atoms with Crippen molar-refractivity contribution in [3.63, 3.8) is 0 Å². The van der Waals surface area contributed by atoms with Crippen molar-refractivity contribution >= 4 is 29.2 Å². The number of aryl methyl sites for hydroxylation is 1. The third-order valence-electron chi connectivity index (χ3n) is 4.97. The van der Waals surface area contributed by atoms with Gasteiger partial charge in [0.25, 0.3) is 5.91 Å². The van der Waals surface area contributed by atoms with E-state index in [0.717, 1.165) is 28.1 Å². The highest BCUT2D eigenvalue weighted by atomic mass is 16.3. The van der Waals surface area contributed by atoms with Crippen molar-refractivity contribution in [3.05, 3.63) is 58.8 Å². The van der Waals surface area contributed by atoms with Crippen molar-refractivity contribution in [1.29, 1.82) is 0 Å². The SMILES string of the molecule is CC1=NC(=O)/C(=C\c2ccc(N(C)C)cc2)N1c1cc(C(C)C)c(O)cc1C. The Balaban J connectivity index is 2.07. The van der Waals surface area contributed by atoms with Crippen LogP contribution in [0.1, 0.15) is 43.4 Å². The van der Waals surface area contributed by atoms with E-state index in [1.54, 1.807) is 6.07 Å². The van der Waals surface area contributed by atoms with Gasteiger partial charge in [0.05, 0.1) is 5.69 Å². The monoisotopic (exact) mass is 377 g/mol. The van der Waals surface area contributed by atoms with Gasteiger partial charge in [-0.1, -0.05) is 26.0 Å². The van der Waals surface area contributed by atoms with Crippen molar-refractivity contribution in [2.45, 2.75) is 33.6 Å². The number of phenolic OH excluding ortho intramolecular Hbond substituents is 1. The number of rotatable bonds is 4. The van der Waals surface area contributed by atoms with Crippen LogP contribution in [-0.2, 0) is 4.79 Å². The Hall–Kier alpha value is -3.08. The summed E-state index contributed by atoms with van der Waals surface area (Å²) in [6.45, 7) is 7.83. The smallest absolute Gasteiger partial charge is 0.295 e. The van der Waals surface area contributed by atoms with Gasteiger partial charge in [0, 0.05) is 19.8 Å². The minimum Gasteiger partial charge on any atom is -0.508 e. The number of aromatic hydroxyl groups is 1. The Bertz CT molecular complexity index is 970. The van der Waals surface area contributed by atoms with Crippen LogP contribution in [0.15, 0.2) is 47.1 Å². The largest absolute Gasteiger partial charge is 0.508 e. The summed E-state index contributed by atoms with van der Waals surface area (Å²) >= 11 is 0. The fourth-order valence-corrected chi connectivity index (χ4v) is 3.38. The number of benzene rings is 2. The third-order valence-corrected chi connectivity index (χ3v) is 4.97. The molecule has 1 N–H and O–H groups in total. The molecule has 1 amide bonds. The van der Waals surface area contributed by atoms with Gasteiger partial charge in [-0.15, -0.1) is 0 Å². The molecule has 3 rings (SSSR count). The van der Waals surface area contributed by atoms with E-state index >= 15 is 0 Å². The molecule has 2 aromatic rings. The summed E-state index contributed by atoms with van der Waals surface area (Å²) < 4.78 is 0. The highest BCUT2D eigenvalue weighted by Gasteiger charge is 2.30. The van der Waals surface area contributed by atoms with Gasteiger partial charge >= 0.3 is 0 Å². The fraction of sp³-hybridized carbons (Fsp3) is 0.304. The molecule has 5 nitrogen and oxygen atoms in total. The molecule has 0 bridgehead atoms. The number of hydrogen-bond acceptors (Lipinski definition) is 4. The molecule has 2 aromatic carbocycles. The van der Waals surface area contributed by atoms with Crippen molar-refractivity contribution in [2.75, 3.05) is 23.9 Å². The van der Waals surface area contributed by atoms with Gasteiger partial charge < -0.3 is 10.0 Å². The van der Waals surface area contributed by atoms with Crippen molar-refractivity contribution < 1.29 is 9.90 Å². The molecule has 0 saturated carbocycles. The van der Waals surface area contributed by atoms with Gasteiger partial charge in [0.1, 0.15) is 17.3 Å². The summed E-state index contributed by atoms with van der Waals surface area (Å²) in [7, 11) is 3.99. The molecule has 1 heterocycles. The zero-order valence-electron chi connectivity index (χ0n) is 17.3. The van der Waals surface area contributed by atoms with Gasteiger partial charge in [-0.2, -0.15) is 4.99 Å². The molecule has 0 radical (unpaired) electrons. The number of phenols is 1. The van der Waals surface area contributed by atoms with E-state index < -0.39 is 0 Å². The molecule has 0 fully saturated rings. The first-order valence-electron chi connectivity index (χ1n) is 9.41. The zero-order valence-corrected chi connectivity index (χ0v) is 17.3. The van der Waals surface area contributed by atoms with E-state index in [2.05, 4.69) is 4.99 Å². The standard InChI is InChI=1S/C23H27N3O2/c1-14(2)19-13-20(15(3)11-22(19)27)26-16(4)24-23(28)21(26)12-17-7-9-18(10-8-17)25(5)6/h7-14,27H,1-6H3/b21-12+. The highest BCUT2D eigenvalue weighted by Crippen LogP contribution is 2.36. The first-order valence-corrected chi connectivity index (χ1v) is 9.41. The van der Waals surface area contributed by atoms with Gasteiger partial charge in [-0.05, 0) is 66.8 Å². The van der Waals surface area contributed by atoms with Crippen molar-refractivity contribution in [1.82, 2.24) is 0 Å². The number of aliphatic imine (C=N–C) groups is 1. The molecule has 0 aromatic heterocycles. The first kappa shape index (κ1) is 19.7. The van der Waals surface area contributed by atoms with Crippen LogP contribution in [0.4, 0.5) is 11.4 Å². The molecule has 28 heavy (non-hydrogen) atoms. The minimum atomic E-state index is -0.257. The van der Waals surface area contributed by atoms with E-state index in [4.69, 9.17) is 0 Å². The molecule has 5 heteroatoms. The summed E-state index contributed by atoms with van der Waals surface area (Å²) in [6, 6.07) is 11.7. The molecular weight excluding hydrogens is 350 g/mol. The Morgan fingerprint density at radius 1 is 1.11 bits per heavy atom.